The smallest absolute Gasteiger partial charge is 0.165 e. The van der Waals surface area contributed by atoms with Crippen LogP contribution in [0.5, 0.6) is 5.75 Å². The Morgan fingerprint density at radius 1 is 1.41 bits per heavy atom. The van der Waals surface area contributed by atoms with E-state index in [9.17, 15) is 8.78 Å². The SMILES string of the molecule is COc1cc(F)c(CC2COCCN2)cc1F. The van der Waals surface area contributed by atoms with Gasteiger partial charge in [-0.2, -0.15) is 0 Å². The number of benzene rings is 1. The maximum Gasteiger partial charge on any atom is 0.165 e. The predicted octanol–water partition coefficient (Wildman–Crippen LogP) is 1.50. The number of rotatable bonds is 3. The number of methoxy groups -OCH3 is 1. The second-order valence-electron chi connectivity index (χ2n) is 4.01. The standard InChI is InChI=1S/C12H15F2NO2/c1-16-12-6-10(13)8(5-11(12)14)4-9-7-17-3-2-15-9/h5-6,9,15H,2-4,7H2,1H3. The van der Waals surface area contributed by atoms with E-state index in [0.29, 0.717) is 25.2 Å². The summed E-state index contributed by atoms with van der Waals surface area (Å²) in [6, 6.07) is 2.30. The third kappa shape index (κ3) is 2.92. The molecule has 1 N–H and O–H groups in total. The van der Waals surface area contributed by atoms with Gasteiger partial charge in [-0.3, -0.25) is 0 Å². The maximum atomic E-state index is 13.7. The van der Waals surface area contributed by atoms with E-state index in [0.717, 1.165) is 12.6 Å². The van der Waals surface area contributed by atoms with Gasteiger partial charge < -0.3 is 14.8 Å². The van der Waals surface area contributed by atoms with Crippen molar-refractivity contribution in [3.05, 3.63) is 29.3 Å². The molecule has 1 aromatic carbocycles. The molecule has 2 rings (SSSR count). The summed E-state index contributed by atoms with van der Waals surface area (Å²) in [5.74, 6) is -1.06. The molecule has 0 bridgehead atoms. The lowest BCUT2D eigenvalue weighted by atomic mass is 10.0. The van der Waals surface area contributed by atoms with Crippen LogP contribution >= 0.6 is 0 Å². The Labute approximate surface area is 98.7 Å². The molecule has 0 aliphatic carbocycles. The van der Waals surface area contributed by atoms with E-state index in [1.807, 2.05) is 0 Å². The average Bonchev–Trinajstić information content (AvgIpc) is 2.34. The van der Waals surface area contributed by atoms with Crippen LogP contribution in [0.3, 0.4) is 0 Å². The van der Waals surface area contributed by atoms with E-state index in [-0.39, 0.29) is 11.8 Å². The van der Waals surface area contributed by atoms with Crippen LogP contribution < -0.4 is 10.1 Å². The van der Waals surface area contributed by atoms with Crippen molar-refractivity contribution in [2.24, 2.45) is 0 Å². The van der Waals surface area contributed by atoms with Crippen LogP contribution in [0.2, 0.25) is 0 Å². The fourth-order valence-electron chi connectivity index (χ4n) is 1.90. The van der Waals surface area contributed by atoms with Crippen molar-refractivity contribution >= 4 is 0 Å². The lowest BCUT2D eigenvalue weighted by molar-refractivity contribution is 0.0767. The molecule has 1 saturated heterocycles. The molecule has 3 nitrogen and oxygen atoms in total. The predicted molar refractivity (Wildman–Crippen MR) is 59.2 cm³/mol. The highest BCUT2D eigenvalue weighted by atomic mass is 19.1. The summed E-state index contributed by atoms with van der Waals surface area (Å²) in [6.07, 6.45) is 0.409. The molecule has 1 aliphatic heterocycles. The Hall–Kier alpha value is -1.20. The fraction of sp³-hybridized carbons (Fsp3) is 0.500. The molecule has 0 spiro atoms. The van der Waals surface area contributed by atoms with Crippen LogP contribution in [0.15, 0.2) is 12.1 Å². The van der Waals surface area contributed by atoms with E-state index < -0.39 is 11.6 Å². The van der Waals surface area contributed by atoms with Gasteiger partial charge in [-0.05, 0) is 18.1 Å². The molecule has 1 atom stereocenters. The average molecular weight is 243 g/mol. The Morgan fingerprint density at radius 2 is 2.24 bits per heavy atom. The summed E-state index contributed by atoms with van der Waals surface area (Å²) in [6.45, 7) is 1.92. The number of morpholine rings is 1. The van der Waals surface area contributed by atoms with Gasteiger partial charge in [0, 0.05) is 18.7 Å². The van der Waals surface area contributed by atoms with Crippen molar-refractivity contribution in [1.29, 1.82) is 0 Å². The van der Waals surface area contributed by atoms with E-state index in [2.05, 4.69) is 5.32 Å². The molecule has 5 heteroatoms. The van der Waals surface area contributed by atoms with Crippen LogP contribution in [0, 0.1) is 11.6 Å². The maximum absolute atomic E-state index is 13.7. The number of halogens is 2. The van der Waals surface area contributed by atoms with Gasteiger partial charge in [-0.25, -0.2) is 8.78 Å². The molecule has 0 saturated carbocycles. The summed E-state index contributed by atoms with van der Waals surface area (Å²) in [5, 5.41) is 3.20. The zero-order valence-corrected chi connectivity index (χ0v) is 9.63. The summed E-state index contributed by atoms with van der Waals surface area (Å²) in [5.41, 5.74) is 0.339. The quantitative estimate of drug-likeness (QED) is 0.872. The zero-order valence-electron chi connectivity index (χ0n) is 9.63. The topological polar surface area (TPSA) is 30.5 Å². The molecule has 94 valence electrons. The highest BCUT2D eigenvalue weighted by molar-refractivity contribution is 5.31. The first-order valence-corrected chi connectivity index (χ1v) is 5.53. The Kier molecular flexibility index (Phi) is 3.91. The number of hydrogen-bond donors (Lipinski definition) is 1. The molecule has 1 aliphatic rings. The van der Waals surface area contributed by atoms with E-state index in [1.165, 1.54) is 13.2 Å². The molecule has 1 fully saturated rings. The highest BCUT2D eigenvalue weighted by Gasteiger charge is 2.17. The minimum absolute atomic E-state index is 0.0334. The van der Waals surface area contributed by atoms with Crippen molar-refractivity contribution in [2.75, 3.05) is 26.9 Å². The minimum Gasteiger partial charge on any atom is -0.494 e. The molecular formula is C12H15F2NO2. The van der Waals surface area contributed by atoms with Crippen molar-refractivity contribution in [3.8, 4) is 5.75 Å². The zero-order chi connectivity index (χ0) is 12.3. The number of ether oxygens (including phenoxy) is 2. The highest BCUT2D eigenvalue weighted by Crippen LogP contribution is 2.22. The van der Waals surface area contributed by atoms with E-state index in [4.69, 9.17) is 9.47 Å². The fourth-order valence-corrected chi connectivity index (χ4v) is 1.90. The molecule has 1 heterocycles. The van der Waals surface area contributed by atoms with Gasteiger partial charge in [0.25, 0.3) is 0 Å². The van der Waals surface area contributed by atoms with Gasteiger partial charge in [-0.1, -0.05) is 0 Å². The summed E-state index contributed by atoms with van der Waals surface area (Å²) in [4.78, 5) is 0. The first-order valence-electron chi connectivity index (χ1n) is 5.53. The number of hydrogen-bond acceptors (Lipinski definition) is 3. The monoisotopic (exact) mass is 243 g/mol. The minimum atomic E-state index is -0.541. The van der Waals surface area contributed by atoms with Gasteiger partial charge in [0.2, 0.25) is 0 Å². The summed E-state index contributed by atoms with van der Waals surface area (Å²) in [7, 11) is 1.31. The number of nitrogens with one attached hydrogen (secondary N) is 1. The summed E-state index contributed by atoms with van der Waals surface area (Å²) < 4.78 is 37.1. The first-order chi connectivity index (χ1) is 8.20. The second kappa shape index (κ2) is 5.42. The molecule has 0 radical (unpaired) electrons. The molecular weight excluding hydrogens is 228 g/mol. The van der Waals surface area contributed by atoms with Crippen LogP contribution in [-0.4, -0.2) is 32.9 Å². The third-order valence-corrected chi connectivity index (χ3v) is 2.79. The molecule has 0 aromatic heterocycles. The molecule has 0 amide bonds. The van der Waals surface area contributed by atoms with Crippen molar-refractivity contribution in [1.82, 2.24) is 5.32 Å². The van der Waals surface area contributed by atoms with Gasteiger partial charge in [0.15, 0.2) is 11.6 Å². The lowest BCUT2D eigenvalue weighted by Crippen LogP contribution is -2.42. The van der Waals surface area contributed by atoms with Crippen LogP contribution in [0.4, 0.5) is 8.78 Å². The third-order valence-electron chi connectivity index (χ3n) is 2.79. The lowest BCUT2D eigenvalue weighted by Gasteiger charge is -2.24. The van der Waals surface area contributed by atoms with Crippen molar-refractivity contribution < 1.29 is 18.3 Å². The van der Waals surface area contributed by atoms with Gasteiger partial charge >= 0.3 is 0 Å². The van der Waals surface area contributed by atoms with Crippen LogP contribution in [0.1, 0.15) is 5.56 Å². The van der Waals surface area contributed by atoms with Crippen LogP contribution in [-0.2, 0) is 11.2 Å². The van der Waals surface area contributed by atoms with Crippen molar-refractivity contribution in [3.63, 3.8) is 0 Å². The second-order valence-corrected chi connectivity index (χ2v) is 4.01. The largest absolute Gasteiger partial charge is 0.494 e. The van der Waals surface area contributed by atoms with Crippen LogP contribution in [0.25, 0.3) is 0 Å². The summed E-state index contributed by atoms with van der Waals surface area (Å²) >= 11 is 0. The first kappa shape index (κ1) is 12.3. The normalized spacial score (nSPS) is 20.3. The molecule has 1 aromatic rings. The van der Waals surface area contributed by atoms with E-state index in [1.54, 1.807) is 0 Å². The Morgan fingerprint density at radius 3 is 2.88 bits per heavy atom. The molecule has 1 unspecified atom stereocenters. The molecule has 17 heavy (non-hydrogen) atoms. The Bertz CT molecular complexity index is 392. The Balaban J connectivity index is 2.12. The van der Waals surface area contributed by atoms with E-state index >= 15 is 0 Å². The van der Waals surface area contributed by atoms with Gasteiger partial charge in [-0.15, -0.1) is 0 Å². The van der Waals surface area contributed by atoms with Crippen molar-refractivity contribution in [2.45, 2.75) is 12.5 Å². The van der Waals surface area contributed by atoms with Gasteiger partial charge in [0.05, 0.1) is 20.3 Å². The van der Waals surface area contributed by atoms with Gasteiger partial charge in [0.1, 0.15) is 5.82 Å².